The van der Waals surface area contributed by atoms with Crippen molar-refractivity contribution >= 4 is 17.7 Å². The molecule has 4 nitrogen and oxygen atoms in total. The van der Waals surface area contributed by atoms with Gasteiger partial charge in [-0.05, 0) is 57.0 Å². The van der Waals surface area contributed by atoms with Gasteiger partial charge >= 0.3 is 6.09 Å². The van der Waals surface area contributed by atoms with Crippen molar-refractivity contribution in [3.8, 4) is 5.75 Å². The highest BCUT2D eigenvalue weighted by atomic mass is 35.5. The third kappa shape index (κ3) is 6.79. The summed E-state index contributed by atoms with van der Waals surface area (Å²) >= 11 is 6.05. The van der Waals surface area contributed by atoms with Gasteiger partial charge in [0.05, 0.1) is 0 Å². The molecule has 0 aliphatic carbocycles. The molecule has 2 aromatic rings. The molecule has 0 N–H and O–H groups in total. The first kappa shape index (κ1) is 21.1. The minimum Gasteiger partial charge on any atom is -0.485 e. The Hall–Kier alpha value is -2.20. The average Bonchev–Trinajstić information content (AvgIpc) is 2.59. The minimum absolute atomic E-state index is 0.184. The lowest BCUT2D eigenvalue weighted by molar-refractivity contribution is 0.0278. The first-order valence-electron chi connectivity index (χ1n) is 9.07. The van der Waals surface area contributed by atoms with E-state index in [-0.39, 0.29) is 12.2 Å². The molecular formula is C22H28ClNO3. The van der Waals surface area contributed by atoms with Gasteiger partial charge in [0.25, 0.3) is 0 Å². The lowest BCUT2D eigenvalue weighted by Crippen LogP contribution is -2.35. The number of amides is 1. The van der Waals surface area contributed by atoms with Gasteiger partial charge in [-0.2, -0.15) is 0 Å². The predicted octanol–water partition coefficient (Wildman–Crippen LogP) is 6.03. The standard InChI is InChI=1S/C22H28ClNO3/c1-16-15-18(23)11-12-19(16)26-20(17-9-7-6-8-10-17)13-14-24(5)21(25)27-22(2,3)4/h6-12,15,20H,13-14H2,1-5H3/t20-/m1/s1. The van der Waals surface area contributed by atoms with Gasteiger partial charge in [-0.1, -0.05) is 41.9 Å². The van der Waals surface area contributed by atoms with E-state index in [2.05, 4.69) is 0 Å². The number of ether oxygens (including phenoxy) is 2. The van der Waals surface area contributed by atoms with Crippen LogP contribution >= 0.6 is 11.6 Å². The second-order valence-electron chi connectivity index (χ2n) is 7.62. The third-order valence-electron chi connectivity index (χ3n) is 4.01. The van der Waals surface area contributed by atoms with E-state index in [0.717, 1.165) is 16.9 Å². The number of benzene rings is 2. The number of carbonyl (C=O) groups is 1. The minimum atomic E-state index is -0.513. The Morgan fingerprint density at radius 3 is 2.41 bits per heavy atom. The van der Waals surface area contributed by atoms with E-state index in [4.69, 9.17) is 21.1 Å². The van der Waals surface area contributed by atoms with Crippen molar-refractivity contribution in [2.75, 3.05) is 13.6 Å². The zero-order valence-corrected chi connectivity index (χ0v) is 17.4. The molecule has 2 aromatic carbocycles. The first-order chi connectivity index (χ1) is 12.7. The summed E-state index contributed by atoms with van der Waals surface area (Å²) < 4.78 is 11.7. The van der Waals surface area contributed by atoms with E-state index in [1.807, 2.05) is 76.2 Å². The number of aryl methyl sites for hydroxylation is 1. The van der Waals surface area contributed by atoms with Crippen LogP contribution in [0.1, 0.15) is 44.4 Å². The average molecular weight is 390 g/mol. The number of nitrogens with zero attached hydrogens (tertiary/aromatic N) is 1. The van der Waals surface area contributed by atoms with Crippen LogP contribution in [0.25, 0.3) is 0 Å². The zero-order valence-electron chi connectivity index (χ0n) is 16.7. The van der Waals surface area contributed by atoms with Crippen LogP contribution in [0.15, 0.2) is 48.5 Å². The number of hydrogen-bond acceptors (Lipinski definition) is 3. The molecule has 0 fully saturated rings. The van der Waals surface area contributed by atoms with Gasteiger partial charge in [-0.15, -0.1) is 0 Å². The number of carbonyl (C=O) groups excluding carboxylic acids is 1. The Morgan fingerprint density at radius 2 is 1.81 bits per heavy atom. The summed E-state index contributed by atoms with van der Waals surface area (Å²) in [6.45, 7) is 8.06. The molecule has 1 amide bonds. The molecule has 27 heavy (non-hydrogen) atoms. The summed E-state index contributed by atoms with van der Waals surface area (Å²) in [6, 6.07) is 15.6. The van der Waals surface area contributed by atoms with Gasteiger partial charge in [-0.25, -0.2) is 4.79 Å². The molecule has 0 bridgehead atoms. The highest BCUT2D eigenvalue weighted by Crippen LogP contribution is 2.29. The van der Waals surface area contributed by atoms with Crippen molar-refractivity contribution in [1.82, 2.24) is 4.90 Å². The molecule has 0 aromatic heterocycles. The van der Waals surface area contributed by atoms with Gasteiger partial charge in [0, 0.05) is 25.0 Å². The van der Waals surface area contributed by atoms with Gasteiger partial charge in [0.2, 0.25) is 0 Å². The fraction of sp³-hybridized carbons (Fsp3) is 0.409. The van der Waals surface area contributed by atoms with Crippen molar-refractivity contribution in [1.29, 1.82) is 0 Å². The number of rotatable bonds is 6. The molecule has 5 heteroatoms. The molecular weight excluding hydrogens is 362 g/mol. The zero-order chi connectivity index (χ0) is 20.0. The smallest absolute Gasteiger partial charge is 0.410 e. The summed E-state index contributed by atoms with van der Waals surface area (Å²) in [5.74, 6) is 0.785. The normalized spacial score (nSPS) is 12.4. The molecule has 146 valence electrons. The molecule has 1 atom stereocenters. The van der Waals surface area contributed by atoms with Gasteiger partial charge in [0.15, 0.2) is 0 Å². The van der Waals surface area contributed by atoms with E-state index in [1.54, 1.807) is 11.9 Å². The summed E-state index contributed by atoms with van der Waals surface area (Å²) in [5, 5.41) is 0.681. The maximum absolute atomic E-state index is 12.2. The molecule has 0 saturated heterocycles. The number of halogens is 1. The van der Waals surface area contributed by atoms with Crippen LogP contribution in [0.5, 0.6) is 5.75 Å². The van der Waals surface area contributed by atoms with E-state index < -0.39 is 5.60 Å². The summed E-state index contributed by atoms with van der Waals surface area (Å²) in [6.07, 6.45) is 0.120. The Labute approximate surface area is 167 Å². The summed E-state index contributed by atoms with van der Waals surface area (Å²) in [5.41, 5.74) is 1.52. The van der Waals surface area contributed by atoms with Crippen LogP contribution in [0, 0.1) is 6.92 Å². The van der Waals surface area contributed by atoms with Crippen molar-refractivity contribution in [2.45, 2.75) is 45.8 Å². The van der Waals surface area contributed by atoms with Crippen molar-refractivity contribution in [3.05, 3.63) is 64.7 Å². The molecule has 0 aliphatic rings. The Morgan fingerprint density at radius 1 is 1.15 bits per heavy atom. The van der Waals surface area contributed by atoms with E-state index >= 15 is 0 Å². The molecule has 2 rings (SSSR count). The highest BCUT2D eigenvalue weighted by Gasteiger charge is 2.21. The second-order valence-corrected chi connectivity index (χ2v) is 8.05. The molecule has 0 unspecified atom stereocenters. The van der Waals surface area contributed by atoms with E-state index in [9.17, 15) is 4.79 Å². The van der Waals surface area contributed by atoms with Crippen molar-refractivity contribution in [2.24, 2.45) is 0 Å². The Balaban J connectivity index is 2.10. The Bertz CT molecular complexity index is 756. The Kier molecular flexibility index (Phi) is 7.14. The second kappa shape index (κ2) is 9.14. The van der Waals surface area contributed by atoms with Crippen LogP contribution in [-0.4, -0.2) is 30.2 Å². The van der Waals surface area contributed by atoms with Gasteiger partial charge in [-0.3, -0.25) is 0 Å². The first-order valence-corrected chi connectivity index (χ1v) is 9.45. The van der Waals surface area contributed by atoms with Crippen LogP contribution < -0.4 is 4.74 Å². The molecule has 0 radical (unpaired) electrons. The lowest BCUT2D eigenvalue weighted by atomic mass is 10.1. The molecule has 0 saturated carbocycles. The molecule has 0 aliphatic heterocycles. The highest BCUT2D eigenvalue weighted by molar-refractivity contribution is 6.30. The fourth-order valence-corrected chi connectivity index (χ4v) is 2.83. The van der Waals surface area contributed by atoms with Crippen LogP contribution in [0.2, 0.25) is 5.02 Å². The fourth-order valence-electron chi connectivity index (χ4n) is 2.60. The quantitative estimate of drug-likeness (QED) is 0.605. The predicted molar refractivity (Wildman–Crippen MR) is 109 cm³/mol. The van der Waals surface area contributed by atoms with Gasteiger partial charge in [0.1, 0.15) is 17.5 Å². The SMILES string of the molecule is Cc1cc(Cl)ccc1O[C@H](CCN(C)C(=O)OC(C)(C)C)c1ccccc1. The summed E-state index contributed by atoms with van der Waals surface area (Å²) in [4.78, 5) is 13.8. The van der Waals surface area contributed by atoms with Crippen molar-refractivity contribution < 1.29 is 14.3 Å². The third-order valence-corrected chi connectivity index (χ3v) is 4.24. The molecule has 0 heterocycles. The lowest BCUT2D eigenvalue weighted by Gasteiger charge is -2.27. The van der Waals surface area contributed by atoms with E-state index in [0.29, 0.717) is 18.0 Å². The maximum atomic E-state index is 12.2. The van der Waals surface area contributed by atoms with Crippen LogP contribution in [0.3, 0.4) is 0 Å². The summed E-state index contributed by atoms with van der Waals surface area (Å²) in [7, 11) is 1.74. The van der Waals surface area contributed by atoms with Gasteiger partial charge < -0.3 is 14.4 Å². The molecule has 0 spiro atoms. The van der Waals surface area contributed by atoms with Crippen LogP contribution in [0.4, 0.5) is 4.79 Å². The van der Waals surface area contributed by atoms with Crippen LogP contribution in [-0.2, 0) is 4.74 Å². The topological polar surface area (TPSA) is 38.8 Å². The number of hydrogen-bond donors (Lipinski definition) is 0. The van der Waals surface area contributed by atoms with Crippen molar-refractivity contribution in [3.63, 3.8) is 0 Å². The largest absolute Gasteiger partial charge is 0.485 e. The van der Waals surface area contributed by atoms with E-state index in [1.165, 1.54) is 0 Å². The monoisotopic (exact) mass is 389 g/mol. The maximum Gasteiger partial charge on any atom is 0.410 e.